The van der Waals surface area contributed by atoms with E-state index in [1.807, 2.05) is 6.92 Å². The second kappa shape index (κ2) is 10.1. The summed E-state index contributed by atoms with van der Waals surface area (Å²) < 4.78 is 9.41. The lowest BCUT2D eigenvalue weighted by atomic mass is 10.4. The van der Waals surface area contributed by atoms with E-state index in [0.29, 0.717) is 18.2 Å². The number of carbonyl (C=O) groups excluding carboxylic acids is 2. The van der Waals surface area contributed by atoms with Gasteiger partial charge in [-0.1, -0.05) is 13.3 Å². The molecule has 0 radical (unpaired) electrons. The van der Waals surface area contributed by atoms with Crippen LogP contribution < -0.4 is 0 Å². The molecule has 6 heteroatoms. The normalized spacial score (nSPS) is 9.73. The predicted molar refractivity (Wildman–Crippen MR) is 60.4 cm³/mol. The molecule has 0 bridgehead atoms. The minimum Gasteiger partial charge on any atom is -0.463 e. The predicted octanol–water partition coefficient (Wildman–Crippen LogP) is 2.44. The summed E-state index contributed by atoms with van der Waals surface area (Å²) in [6, 6.07) is 0. The lowest BCUT2D eigenvalue weighted by molar-refractivity contribution is -0.146. The Balaban J connectivity index is 3.40. The highest BCUT2D eigenvalue weighted by atomic mass is 35.5. The second-order valence-corrected chi connectivity index (χ2v) is 4.06. The van der Waals surface area contributed by atoms with E-state index in [2.05, 4.69) is 4.74 Å². The quantitative estimate of drug-likeness (QED) is 0.397. The molecule has 0 atom stereocenters. The van der Waals surface area contributed by atoms with Crippen LogP contribution in [-0.2, 0) is 14.3 Å². The number of halogens is 1. The Kier molecular flexibility index (Phi) is 9.83. The fourth-order valence-electron chi connectivity index (χ4n) is 0.653. The van der Waals surface area contributed by atoms with Crippen LogP contribution >= 0.6 is 23.4 Å². The zero-order valence-corrected chi connectivity index (χ0v) is 10.2. The Morgan fingerprint density at radius 1 is 1.33 bits per heavy atom. The van der Waals surface area contributed by atoms with E-state index in [-0.39, 0.29) is 6.61 Å². The standard InChI is InChI=1S/C9H15ClO4S/c1-2-3-5-13-8(11)7-14-9(12)15-6-4-10/h2-7H2,1H3. The van der Waals surface area contributed by atoms with Crippen molar-refractivity contribution in [1.29, 1.82) is 0 Å². The van der Waals surface area contributed by atoms with Gasteiger partial charge in [-0.3, -0.25) is 0 Å². The van der Waals surface area contributed by atoms with E-state index in [1.54, 1.807) is 0 Å². The van der Waals surface area contributed by atoms with Crippen molar-refractivity contribution in [3.63, 3.8) is 0 Å². The highest BCUT2D eigenvalue weighted by Crippen LogP contribution is 2.05. The zero-order valence-electron chi connectivity index (χ0n) is 8.66. The van der Waals surface area contributed by atoms with Gasteiger partial charge in [0.1, 0.15) is 0 Å². The molecule has 0 amide bonds. The van der Waals surface area contributed by atoms with Gasteiger partial charge in [0.05, 0.1) is 6.61 Å². The van der Waals surface area contributed by atoms with Crippen LogP contribution in [0.2, 0.25) is 0 Å². The SMILES string of the molecule is CCCCOC(=O)COC(=O)SCCCl. The molecular weight excluding hydrogens is 240 g/mol. The fraction of sp³-hybridized carbons (Fsp3) is 0.778. The third kappa shape index (κ3) is 9.87. The molecule has 0 rings (SSSR count). The molecule has 88 valence electrons. The van der Waals surface area contributed by atoms with Gasteiger partial charge in [0.25, 0.3) is 0 Å². The van der Waals surface area contributed by atoms with Gasteiger partial charge >= 0.3 is 11.3 Å². The summed E-state index contributed by atoms with van der Waals surface area (Å²) in [5, 5.41) is -0.497. The van der Waals surface area contributed by atoms with Crippen molar-refractivity contribution in [2.75, 3.05) is 24.8 Å². The minimum absolute atomic E-state index is 0.322. The second-order valence-electron chi connectivity index (χ2n) is 2.65. The molecular formula is C9H15ClO4S. The lowest BCUT2D eigenvalue weighted by Crippen LogP contribution is -2.15. The minimum atomic E-state index is -0.511. The van der Waals surface area contributed by atoms with Crippen LogP contribution in [0, 0.1) is 0 Å². The van der Waals surface area contributed by atoms with Crippen LogP contribution in [0.4, 0.5) is 4.79 Å². The number of unbranched alkanes of at least 4 members (excludes halogenated alkanes) is 1. The van der Waals surface area contributed by atoms with Gasteiger partial charge in [0.2, 0.25) is 0 Å². The molecule has 0 fully saturated rings. The summed E-state index contributed by atoms with van der Waals surface area (Å²) in [5.74, 6) is 0.342. The van der Waals surface area contributed by atoms with Crippen molar-refractivity contribution in [3.8, 4) is 0 Å². The maximum Gasteiger partial charge on any atom is 0.367 e. The molecule has 0 aromatic heterocycles. The Morgan fingerprint density at radius 3 is 2.67 bits per heavy atom. The molecule has 0 aliphatic heterocycles. The van der Waals surface area contributed by atoms with Gasteiger partial charge in [0.15, 0.2) is 6.61 Å². The Bertz CT molecular complexity index is 199. The third-order valence-electron chi connectivity index (χ3n) is 1.37. The Morgan fingerprint density at radius 2 is 2.07 bits per heavy atom. The zero-order chi connectivity index (χ0) is 11.5. The van der Waals surface area contributed by atoms with Crippen molar-refractivity contribution in [3.05, 3.63) is 0 Å². The van der Waals surface area contributed by atoms with E-state index in [0.717, 1.165) is 24.6 Å². The topological polar surface area (TPSA) is 52.6 Å². The van der Waals surface area contributed by atoms with Gasteiger partial charge in [-0.15, -0.1) is 11.6 Å². The maximum atomic E-state index is 11.0. The number of hydrogen-bond acceptors (Lipinski definition) is 5. The average molecular weight is 255 g/mol. The Labute approximate surface area is 98.6 Å². The molecule has 0 heterocycles. The van der Waals surface area contributed by atoms with E-state index < -0.39 is 11.3 Å². The highest BCUT2D eigenvalue weighted by molar-refractivity contribution is 8.13. The third-order valence-corrected chi connectivity index (χ3v) is 2.54. The number of rotatable bonds is 7. The first-order valence-corrected chi connectivity index (χ1v) is 6.23. The van der Waals surface area contributed by atoms with Crippen molar-refractivity contribution in [2.45, 2.75) is 19.8 Å². The molecule has 0 spiro atoms. The summed E-state index contributed by atoms with van der Waals surface area (Å²) in [5.41, 5.74) is 0. The molecule has 15 heavy (non-hydrogen) atoms. The van der Waals surface area contributed by atoms with Crippen LogP contribution in [0.5, 0.6) is 0 Å². The van der Waals surface area contributed by atoms with Gasteiger partial charge in [-0.25, -0.2) is 9.59 Å². The monoisotopic (exact) mass is 254 g/mol. The van der Waals surface area contributed by atoms with Gasteiger partial charge in [0, 0.05) is 11.6 Å². The first-order chi connectivity index (χ1) is 7.20. The van der Waals surface area contributed by atoms with Crippen LogP contribution in [0.1, 0.15) is 19.8 Å². The molecule has 0 saturated carbocycles. The first kappa shape index (κ1) is 14.6. The first-order valence-electron chi connectivity index (χ1n) is 4.71. The molecule has 0 aromatic carbocycles. The molecule has 0 aliphatic rings. The average Bonchev–Trinajstić information content (AvgIpc) is 2.24. The van der Waals surface area contributed by atoms with Crippen LogP contribution in [-0.4, -0.2) is 36.1 Å². The van der Waals surface area contributed by atoms with E-state index >= 15 is 0 Å². The summed E-state index contributed by atoms with van der Waals surface area (Å²) in [4.78, 5) is 21.9. The lowest BCUT2D eigenvalue weighted by Gasteiger charge is -2.04. The Hall–Kier alpha value is -0.420. The van der Waals surface area contributed by atoms with Gasteiger partial charge in [-0.05, 0) is 18.2 Å². The number of ether oxygens (including phenoxy) is 2. The molecule has 0 unspecified atom stereocenters. The van der Waals surface area contributed by atoms with Crippen molar-refractivity contribution in [1.82, 2.24) is 0 Å². The highest BCUT2D eigenvalue weighted by Gasteiger charge is 2.08. The number of carbonyl (C=O) groups is 2. The molecule has 0 saturated heterocycles. The van der Waals surface area contributed by atoms with Crippen molar-refractivity contribution < 1.29 is 19.1 Å². The maximum absolute atomic E-state index is 11.0. The van der Waals surface area contributed by atoms with E-state index in [1.165, 1.54) is 0 Å². The fourth-order valence-corrected chi connectivity index (χ4v) is 1.27. The molecule has 0 aromatic rings. The van der Waals surface area contributed by atoms with Crippen molar-refractivity contribution in [2.24, 2.45) is 0 Å². The largest absolute Gasteiger partial charge is 0.463 e. The number of hydrogen-bond donors (Lipinski definition) is 0. The van der Waals surface area contributed by atoms with Crippen LogP contribution in [0.25, 0.3) is 0 Å². The van der Waals surface area contributed by atoms with Crippen LogP contribution in [0.3, 0.4) is 0 Å². The summed E-state index contributed by atoms with van der Waals surface area (Å²) >= 11 is 6.32. The summed E-state index contributed by atoms with van der Waals surface area (Å²) in [6.07, 6.45) is 1.78. The van der Waals surface area contributed by atoms with Crippen LogP contribution in [0.15, 0.2) is 0 Å². The number of alkyl halides is 1. The molecule has 4 nitrogen and oxygen atoms in total. The smallest absolute Gasteiger partial charge is 0.367 e. The van der Waals surface area contributed by atoms with Gasteiger partial charge < -0.3 is 9.47 Å². The number of esters is 1. The van der Waals surface area contributed by atoms with E-state index in [4.69, 9.17) is 16.3 Å². The van der Waals surface area contributed by atoms with E-state index in [9.17, 15) is 9.59 Å². The van der Waals surface area contributed by atoms with Crippen molar-refractivity contribution >= 4 is 34.6 Å². The number of thioether (sulfide) groups is 1. The summed E-state index contributed by atoms with van der Waals surface area (Å²) in [6.45, 7) is 2.05. The van der Waals surface area contributed by atoms with Gasteiger partial charge in [-0.2, -0.15) is 0 Å². The molecule has 0 N–H and O–H groups in total. The molecule has 0 aliphatic carbocycles. The summed E-state index contributed by atoms with van der Waals surface area (Å²) in [7, 11) is 0.